The average molecular weight is 664 g/mol. The summed E-state index contributed by atoms with van der Waals surface area (Å²) in [6.45, 7) is 9.32. The number of ether oxygens (including phenoxy) is 2. The zero-order valence-electron chi connectivity index (χ0n) is 26.6. The van der Waals surface area contributed by atoms with Crippen LogP contribution < -0.4 is 10.2 Å². The summed E-state index contributed by atoms with van der Waals surface area (Å²) >= 11 is 6.62. The van der Waals surface area contributed by atoms with Crippen LogP contribution in [0.2, 0.25) is 5.02 Å². The summed E-state index contributed by atoms with van der Waals surface area (Å²) in [5, 5.41) is 13.1. The summed E-state index contributed by atoms with van der Waals surface area (Å²) in [7, 11) is 0. The summed E-state index contributed by atoms with van der Waals surface area (Å²) in [5.41, 5.74) is 0.786. The van der Waals surface area contributed by atoms with Crippen LogP contribution >= 0.6 is 11.6 Å². The third-order valence-electron chi connectivity index (χ3n) is 9.41. The topological polar surface area (TPSA) is 125 Å². The van der Waals surface area contributed by atoms with E-state index in [1.807, 2.05) is 43.3 Å². The number of nitrogens with zero attached hydrogens (tertiary/aromatic N) is 2. The summed E-state index contributed by atoms with van der Waals surface area (Å²) in [4.78, 5) is 58.5. The number of halogens is 1. The van der Waals surface area contributed by atoms with Gasteiger partial charge in [-0.25, -0.2) is 0 Å². The molecule has 0 aromatic heterocycles. The Labute approximate surface area is 280 Å². The van der Waals surface area contributed by atoms with Gasteiger partial charge in [-0.05, 0) is 49.8 Å². The first-order valence-corrected chi connectivity index (χ1v) is 16.4. The molecule has 3 aliphatic rings. The fraction of sp³-hybridized carbons (Fsp3) is 0.444. The lowest BCUT2D eigenvalue weighted by atomic mass is 9.70. The number of likely N-dealkylation sites (tertiary alicyclic amines) is 1. The molecule has 3 saturated heterocycles. The lowest BCUT2D eigenvalue weighted by Crippen LogP contribution is -2.57. The van der Waals surface area contributed by atoms with Gasteiger partial charge in [0.25, 0.3) is 5.91 Å². The maximum absolute atomic E-state index is 14.7. The fourth-order valence-electron chi connectivity index (χ4n) is 7.39. The Morgan fingerprint density at radius 1 is 1.19 bits per heavy atom. The summed E-state index contributed by atoms with van der Waals surface area (Å²) in [6, 6.07) is 12.8. The molecule has 10 nitrogen and oxygen atoms in total. The van der Waals surface area contributed by atoms with Crippen LogP contribution in [0.15, 0.2) is 73.8 Å². The number of anilines is 1. The Bertz CT molecular complexity index is 1500. The zero-order chi connectivity index (χ0) is 33.7. The highest BCUT2D eigenvalue weighted by atomic mass is 35.5. The van der Waals surface area contributed by atoms with Gasteiger partial charge in [-0.2, -0.15) is 0 Å². The Morgan fingerprint density at radius 2 is 1.96 bits per heavy atom. The van der Waals surface area contributed by atoms with Crippen molar-refractivity contribution in [3.05, 3.63) is 90.0 Å². The van der Waals surface area contributed by atoms with E-state index >= 15 is 0 Å². The van der Waals surface area contributed by atoms with Crippen molar-refractivity contribution in [3.8, 4) is 0 Å². The first-order chi connectivity index (χ1) is 22.7. The number of carbonyl (C=O) groups excluding carboxylic acids is 4. The predicted octanol–water partition coefficient (Wildman–Crippen LogP) is 4.29. The van der Waals surface area contributed by atoms with Gasteiger partial charge in [0.1, 0.15) is 18.2 Å². The highest BCUT2D eigenvalue weighted by Crippen LogP contribution is 2.59. The van der Waals surface area contributed by atoms with Crippen LogP contribution in [-0.2, 0) is 28.7 Å². The molecule has 2 aromatic rings. The summed E-state index contributed by atoms with van der Waals surface area (Å²) < 4.78 is 12.1. The molecule has 5 rings (SSSR count). The second-order valence-electron chi connectivity index (χ2n) is 12.3. The summed E-state index contributed by atoms with van der Waals surface area (Å²) in [6.07, 6.45) is 4.44. The number of aliphatic hydroxyl groups excluding tert-OH is 1. The maximum atomic E-state index is 14.7. The van der Waals surface area contributed by atoms with Gasteiger partial charge in [-0.3, -0.25) is 19.2 Å². The number of rotatable bonds is 15. The van der Waals surface area contributed by atoms with Gasteiger partial charge in [-0.15, -0.1) is 13.2 Å². The van der Waals surface area contributed by atoms with E-state index in [2.05, 4.69) is 18.5 Å². The largest absolute Gasteiger partial charge is 0.463 e. The smallest absolute Gasteiger partial charge is 0.306 e. The number of esters is 1. The number of carbonyl (C=O) groups is 4. The monoisotopic (exact) mass is 663 g/mol. The highest BCUT2D eigenvalue weighted by molar-refractivity contribution is 6.34. The molecule has 3 aliphatic heterocycles. The van der Waals surface area contributed by atoms with Crippen molar-refractivity contribution in [1.29, 1.82) is 0 Å². The molecule has 6 atom stereocenters. The molecule has 47 heavy (non-hydrogen) atoms. The number of hydrogen-bond donors (Lipinski definition) is 2. The molecule has 2 aromatic carbocycles. The van der Waals surface area contributed by atoms with Gasteiger partial charge >= 0.3 is 5.97 Å². The number of amides is 3. The van der Waals surface area contributed by atoms with Gasteiger partial charge in [0.2, 0.25) is 11.8 Å². The number of nitrogens with one attached hydrogen (secondary N) is 1. The van der Waals surface area contributed by atoms with Gasteiger partial charge in [0.15, 0.2) is 0 Å². The van der Waals surface area contributed by atoms with Crippen LogP contribution in [0.1, 0.15) is 49.3 Å². The molecule has 250 valence electrons. The van der Waals surface area contributed by atoms with E-state index in [1.165, 1.54) is 9.80 Å². The maximum Gasteiger partial charge on any atom is 0.306 e. The van der Waals surface area contributed by atoms with E-state index in [1.54, 1.807) is 24.3 Å². The third-order valence-corrected chi connectivity index (χ3v) is 9.72. The van der Waals surface area contributed by atoms with Crippen LogP contribution in [-0.4, -0.2) is 77.7 Å². The van der Waals surface area contributed by atoms with Crippen molar-refractivity contribution in [3.63, 3.8) is 0 Å². The van der Waals surface area contributed by atoms with Crippen molar-refractivity contribution in [2.24, 2.45) is 11.8 Å². The first kappa shape index (κ1) is 34.3. The molecule has 3 amide bonds. The second-order valence-corrected chi connectivity index (χ2v) is 12.7. The molecule has 0 radical (unpaired) electrons. The predicted molar refractivity (Wildman–Crippen MR) is 177 cm³/mol. The third kappa shape index (κ3) is 6.59. The summed E-state index contributed by atoms with van der Waals surface area (Å²) in [5.74, 6) is -3.36. The van der Waals surface area contributed by atoms with Gasteiger partial charge in [0, 0.05) is 26.1 Å². The standard InChI is InChI=1S/C36H42ClN3O7/c1-4-6-16-28(42)46-22-26(24-13-8-7-9-14-24)38-33(43)29-27-17-18-36(47-27)30(29)34(44)40(20-11-21-41)32(36)35(45)39(19-5-2)31-23(3)12-10-15-25(31)37/h4-5,7-10,12-15,26-27,29-30,32,41H,1-2,6,11,16-22H2,3H3,(H,38,43)/t26-,27+,29-,30-,32+,36-/m1/s1. The fourth-order valence-corrected chi connectivity index (χ4v) is 7.71. The molecule has 0 unspecified atom stereocenters. The van der Waals surface area contributed by atoms with Gasteiger partial charge in [-0.1, -0.05) is 66.2 Å². The minimum absolute atomic E-state index is 0.0921. The molecule has 11 heteroatoms. The van der Waals surface area contributed by atoms with Crippen molar-refractivity contribution in [2.45, 2.75) is 62.8 Å². The highest BCUT2D eigenvalue weighted by Gasteiger charge is 2.74. The van der Waals surface area contributed by atoms with E-state index in [4.69, 9.17) is 21.1 Å². The number of allylic oxidation sites excluding steroid dienone is 1. The number of aliphatic hydroxyl groups is 1. The van der Waals surface area contributed by atoms with Gasteiger partial charge < -0.3 is 29.7 Å². The molecule has 0 aliphatic carbocycles. The lowest BCUT2D eigenvalue weighted by Gasteiger charge is -2.37. The van der Waals surface area contributed by atoms with Crippen LogP contribution in [0.5, 0.6) is 0 Å². The molecule has 3 heterocycles. The minimum atomic E-state index is -1.25. The number of para-hydroxylation sites is 1. The average Bonchev–Trinajstić information content (AvgIpc) is 3.71. The number of benzene rings is 2. The quantitative estimate of drug-likeness (QED) is 0.215. The second kappa shape index (κ2) is 14.8. The van der Waals surface area contributed by atoms with E-state index < -0.39 is 47.5 Å². The van der Waals surface area contributed by atoms with E-state index in [9.17, 15) is 24.3 Å². The van der Waals surface area contributed by atoms with Crippen LogP contribution in [0, 0.1) is 18.8 Å². The Morgan fingerprint density at radius 3 is 2.64 bits per heavy atom. The SMILES string of the molecule is C=CCCC(=O)OC[C@@H](NC(=O)[C@@H]1[C@@H]2CC[C@]3(O2)[C@H](C(=O)N(CC=C)c2c(C)cccc2Cl)N(CCCO)C(=O)[C@@H]13)c1ccccc1. The minimum Gasteiger partial charge on any atom is -0.463 e. The number of fused-ring (bicyclic) bond motifs is 1. The molecule has 1 spiro atoms. The number of hydrogen-bond acceptors (Lipinski definition) is 7. The zero-order valence-corrected chi connectivity index (χ0v) is 27.4. The Hall–Kier alpha value is -3.99. The van der Waals surface area contributed by atoms with Crippen molar-refractivity contribution in [2.75, 3.05) is 31.2 Å². The molecule has 3 fully saturated rings. The van der Waals surface area contributed by atoms with E-state index in [0.717, 1.165) is 11.1 Å². The molecule has 0 saturated carbocycles. The van der Waals surface area contributed by atoms with Crippen LogP contribution in [0.4, 0.5) is 5.69 Å². The molecular weight excluding hydrogens is 622 g/mol. The van der Waals surface area contributed by atoms with Crippen LogP contribution in [0.25, 0.3) is 0 Å². The van der Waals surface area contributed by atoms with E-state index in [-0.39, 0.29) is 51.0 Å². The van der Waals surface area contributed by atoms with Crippen LogP contribution in [0.3, 0.4) is 0 Å². The first-order valence-electron chi connectivity index (χ1n) is 16.1. The van der Waals surface area contributed by atoms with Crippen molar-refractivity contribution < 1.29 is 33.8 Å². The number of aryl methyl sites for hydroxylation is 1. The molecular formula is C36H42ClN3O7. The van der Waals surface area contributed by atoms with Gasteiger partial charge in [0.05, 0.1) is 34.7 Å². The van der Waals surface area contributed by atoms with Crippen molar-refractivity contribution in [1.82, 2.24) is 10.2 Å². The lowest BCUT2D eigenvalue weighted by molar-refractivity contribution is -0.146. The Kier molecular flexibility index (Phi) is 10.8. The molecule has 2 N–H and O–H groups in total. The van der Waals surface area contributed by atoms with Crippen molar-refractivity contribution >= 4 is 41.0 Å². The van der Waals surface area contributed by atoms with E-state index in [0.29, 0.717) is 30.0 Å². The Balaban J connectivity index is 1.46. The normalized spacial score (nSPS) is 24.8. The molecule has 2 bridgehead atoms.